The average Bonchev–Trinajstić information content (AvgIpc) is 3.52. The summed E-state index contributed by atoms with van der Waals surface area (Å²) >= 11 is 0. The van der Waals surface area contributed by atoms with E-state index in [1.807, 2.05) is 0 Å². The Balaban J connectivity index is 0.000000228. The Labute approximate surface area is 204 Å². The van der Waals surface area contributed by atoms with Crippen molar-refractivity contribution in [3.63, 3.8) is 0 Å². The minimum absolute atomic E-state index is 0.982. The van der Waals surface area contributed by atoms with E-state index in [9.17, 15) is 0 Å². The standard InChI is InChI=1S/C19H36.C9H18.C4H8/c1-15-6-4-5-7-18(12-10-15)19-13-11-16(2)8-9-17(3)14-19;1-9-7-5-3-2-4-6-8-9;1-4-2-3-4/h15-19H,4-14H2,1-3H3;9H,2-8H2,1H3;4H,2-3H2,1H3. The maximum Gasteiger partial charge on any atom is -0.0383 e. The van der Waals surface area contributed by atoms with E-state index in [-0.39, 0.29) is 0 Å². The molecule has 0 N–H and O–H groups in total. The zero-order valence-electron chi connectivity index (χ0n) is 23.2. The lowest BCUT2D eigenvalue weighted by atomic mass is 9.71. The van der Waals surface area contributed by atoms with Crippen molar-refractivity contribution in [2.24, 2.45) is 41.4 Å². The Kier molecular flexibility index (Phi) is 14.6. The van der Waals surface area contributed by atoms with Crippen molar-refractivity contribution in [1.82, 2.24) is 0 Å². The van der Waals surface area contributed by atoms with Gasteiger partial charge in [-0.25, -0.2) is 0 Å². The number of rotatable bonds is 1. The van der Waals surface area contributed by atoms with Crippen LogP contribution in [0.4, 0.5) is 0 Å². The minimum Gasteiger partial charge on any atom is -0.0625 e. The molecule has 0 bridgehead atoms. The van der Waals surface area contributed by atoms with Crippen LogP contribution in [0.5, 0.6) is 0 Å². The number of hydrogen-bond acceptors (Lipinski definition) is 0. The van der Waals surface area contributed by atoms with Gasteiger partial charge in [-0.1, -0.05) is 144 Å². The molecule has 0 nitrogen and oxygen atoms in total. The van der Waals surface area contributed by atoms with Crippen LogP contribution in [0.3, 0.4) is 0 Å². The van der Waals surface area contributed by atoms with Gasteiger partial charge < -0.3 is 0 Å². The summed E-state index contributed by atoms with van der Waals surface area (Å²) in [6.07, 6.45) is 30.0. The molecule has 5 unspecified atom stereocenters. The predicted molar refractivity (Wildman–Crippen MR) is 145 cm³/mol. The summed E-state index contributed by atoms with van der Waals surface area (Å²) in [4.78, 5) is 0. The summed E-state index contributed by atoms with van der Waals surface area (Å²) in [5.41, 5.74) is 0. The summed E-state index contributed by atoms with van der Waals surface area (Å²) < 4.78 is 0. The smallest absolute Gasteiger partial charge is 0.0383 e. The Morgan fingerprint density at radius 1 is 0.281 bits per heavy atom. The predicted octanol–water partition coefficient (Wildman–Crippen LogP) is 11.2. The fourth-order valence-corrected chi connectivity index (χ4v) is 6.38. The van der Waals surface area contributed by atoms with Crippen molar-refractivity contribution < 1.29 is 0 Å². The molecule has 4 aliphatic rings. The molecule has 190 valence electrons. The first-order chi connectivity index (χ1) is 15.4. The van der Waals surface area contributed by atoms with Gasteiger partial charge in [0.2, 0.25) is 0 Å². The van der Waals surface area contributed by atoms with E-state index >= 15 is 0 Å². The quantitative estimate of drug-likeness (QED) is 0.375. The van der Waals surface area contributed by atoms with Crippen LogP contribution in [-0.4, -0.2) is 0 Å². The lowest BCUT2D eigenvalue weighted by Gasteiger charge is -2.34. The summed E-state index contributed by atoms with van der Waals surface area (Å²) in [5, 5.41) is 0. The van der Waals surface area contributed by atoms with Gasteiger partial charge in [-0.05, 0) is 60.7 Å². The normalized spacial score (nSPS) is 35.7. The van der Waals surface area contributed by atoms with E-state index in [2.05, 4.69) is 34.6 Å². The molecular weight excluding hydrogens is 384 g/mol. The maximum atomic E-state index is 2.51. The van der Waals surface area contributed by atoms with Crippen molar-refractivity contribution in [2.45, 2.75) is 163 Å². The molecule has 0 amide bonds. The fourth-order valence-electron chi connectivity index (χ4n) is 6.38. The van der Waals surface area contributed by atoms with Crippen molar-refractivity contribution in [3.8, 4) is 0 Å². The fraction of sp³-hybridized carbons (Fsp3) is 1.00. The van der Waals surface area contributed by atoms with E-state index in [0.29, 0.717) is 0 Å². The highest BCUT2D eigenvalue weighted by atomic mass is 14.3. The van der Waals surface area contributed by atoms with Gasteiger partial charge >= 0.3 is 0 Å². The second-order valence-corrected chi connectivity index (χ2v) is 13.2. The molecule has 0 spiro atoms. The maximum absolute atomic E-state index is 2.51. The SMILES string of the molecule is CC1CC1.CC1CCCCC(C2CCC(C)CCC(C)C2)CC1.CC1CCCCCCC1. The van der Waals surface area contributed by atoms with Gasteiger partial charge in [0.05, 0.1) is 0 Å². The molecule has 4 fully saturated rings. The van der Waals surface area contributed by atoms with Crippen molar-refractivity contribution in [1.29, 1.82) is 0 Å². The Morgan fingerprint density at radius 3 is 1.22 bits per heavy atom. The minimum atomic E-state index is 0.982. The average molecular weight is 447 g/mol. The van der Waals surface area contributed by atoms with Gasteiger partial charge in [0.1, 0.15) is 0 Å². The largest absolute Gasteiger partial charge is 0.0625 e. The molecule has 0 aromatic rings. The second-order valence-electron chi connectivity index (χ2n) is 13.2. The van der Waals surface area contributed by atoms with E-state index in [4.69, 9.17) is 0 Å². The van der Waals surface area contributed by atoms with E-state index in [0.717, 1.165) is 41.4 Å². The summed E-state index contributed by atoms with van der Waals surface area (Å²) in [5.74, 6) is 7.19. The lowest BCUT2D eigenvalue weighted by molar-refractivity contribution is 0.172. The monoisotopic (exact) mass is 446 g/mol. The molecule has 4 saturated carbocycles. The first-order valence-electron chi connectivity index (χ1n) is 15.4. The second kappa shape index (κ2) is 16.6. The van der Waals surface area contributed by atoms with Crippen LogP contribution in [0.25, 0.3) is 0 Å². The number of hydrogen-bond donors (Lipinski definition) is 0. The zero-order valence-corrected chi connectivity index (χ0v) is 23.2. The van der Waals surface area contributed by atoms with Crippen LogP contribution in [0.1, 0.15) is 163 Å². The van der Waals surface area contributed by atoms with E-state index < -0.39 is 0 Å². The van der Waals surface area contributed by atoms with Crippen LogP contribution in [0.15, 0.2) is 0 Å². The molecule has 32 heavy (non-hydrogen) atoms. The highest BCUT2D eigenvalue weighted by molar-refractivity contribution is 4.78. The summed E-state index contributed by atoms with van der Waals surface area (Å²) in [6.45, 7) is 12.1. The molecule has 0 radical (unpaired) electrons. The van der Waals surface area contributed by atoms with Gasteiger partial charge in [0.15, 0.2) is 0 Å². The first kappa shape index (κ1) is 28.2. The van der Waals surface area contributed by atoms with Gasteiger partial charge in [-0.3, -0.25) is 0 Å². The van der Waals surface area contributed by atoms with Crippen LogP contribution < -0.4 is 0 Å². The molecule has 0 heteroatoms. The highest BCUT2D eigenvalue weighted by Crippen LogP contribution is 2.39. The topological polar surface area (TPSA) is 0 Å². The van der Waals surface area contributed by atoms with Crippen molar-refractivity contribution >= 4 is 0 Å². The molecule has 0 aliphatic heterocycles. The first-order valence-corrected chi connectivity index (χ1v) is 15.4. The zero-order chi connectivity index (χ0) is 23.2. The van der Waals surface area contributed by atoms with Crippen LogP contribution in [0.2, 0.25) is 0 Å². The van der Waals surface area contributed by atoms with Gasteiger partial charge in [0, 0.05) is 0 Å². The Morgan fingerprint density at radius 2 is 0.625 bits per heavy atom. The molecular formula is C32H62. The van der Waals surface area contributed by atoms with Crippen LogP contribution in [0, 0.1) is 41.4 Å². The molecule has 0 aromatic carbocycles. The third-order valence-electron chi connectivity index (χ3n) is 9.37. The molecule has 4 rings (SSSR count). The third-order valence-corrected chi connectivity index (χ3v) is 9.37. The van der Waals surface area contributed by atoms with Crippen molar-refractivity contribution in [3.05, 3.63) is 0 Å². The summed E-state index contributed by atoms with van der Waals surface area (Å²) in [7, 11) is 0. The summed E-state index contributed by atoms with van der Waals surface area (Å²) in [6, 6.07) is 0. The van der Waals surface area contributed by atoms with E-state index in [1.165, 1.54) is 122 Å². The molecule has 0 saturated heterocycles. The van der Waals surface area contributed by atoms with Gasteiger partial charge in [-0.15, -0.1) is 0 Å². The van der Waals surface area contributed by atoms with Crippen LogP contribution in [-0.2, 0) is 0 Å². The van der Waals surface area contributed by atoms with Crippen molar-refractivity contribution in [2.75, 3.05) is 0 Å². The lowest BCUT2D eigenvalue weighted by Crippen LogP contribution is -2.22. The molecule has 0 heterocycles. The van der Waals surface area contributed by atoms with Gasteiger partial charge in [-0.2, -0.15) is 0 Å². The molecule has 4 aliphatic carbocycles. The Hall–Kier alpha value is 0. The van der Waals surface area contributed by atoms with Gasteiger partial charge in [0.25, 0.3) is 0 Å². The van der Waals surface area contributed by atoms with Crippen LogP contribution >= 0.6 is 0 Å². The molecule has 5 atom stereocenters. The Bertz CT molecular complexity index is 427. The molecule has 0 aromatic heterocycles. The van der Waals surface area contributed by atoms with E-state index in [1.54, 1.807) is 6.42 Å². The third kappa shape index (κ3) is 13.6. The highest BCUT2D eigenvalue weighted by Gasteiger charge is 2.27.